The van der Waals surface area contributed by atoms with Gasteiger partial charge in [0.15, 0.2) is 0 Å². The van der Waals surface area contributed by atoms with Crippen molar-refractivity contribution in [1.82, 2.24) is 9.29 Å². The third-order valence-corrected chi connectivity index (χ3v) is 7.52. The second-order valence-corrected chi connectivity index (χ2v) is 10.9. The molecule has 1 aromatic heterocycles. The second kappa shape index (κ2) is 8.09. The van der Waals surface area contributed by atoms with Gasteiger partial charge in [-0.1, -0.05) is 0 Å². The summed E-state index contributed by atoms with van der Waals surface area (Å²) in [7, 11) is -3.36. The van der Waals surface area contributed by atoms with Gasteiger partial charge in [-0.15, -0.1) is 0 Å². The van der Waals surface area contributed by atoms with Crippen LogP contribution >= 0.6 is 0 Å². The van der Waals surface area contributed by atoms with Gasteiger partial charge >= 0.3 is 0 Å². The predicted molar refractivity (Wildman–Crippen MR) is 112 cm³/mol. The average molecular weight is 404 g/mol. The summed E-state index contributed by atoms with van der Waals surface area (Å²) in [4.78, 5) is 12.6. The van der Waals surface area contributed by atoms with Gasteiger partial charge < -0.3 is 9.88 Å². The van der Waals surface area contributed by atoms with E-state index >= 15 is 0 Å². The number of carbonyl (C=O) groups is 1. The molecule has 7 heteroatoms. The monoisotopic (exact) mass is 403 g/mol. The maximum absolute atomic E-state index is 12.6. The van der Waals surface area contributed by atoms with Crippen molar-refractivity contribution in [2.45, 2.75) is 57.2 Å². The van der Waals surface area contributed by atoms with Crippen LogP contribution in [0.1, 0.15) is 46.5 Å². The van der Waals surface area contributed by atoms with Crippen molar-refractivity contribution in [2.75, 3.05) is 5.32 Å². The number of aromatic nitrogens is 1. The van der Waals surface area contributed by atoms with Gasteiger partial charge in [0.25, 0.3) is 0 Å². The van der Waals surface area contributed by atoms with Crippen LogP contribution in [-0.4, -0.2) is 29.7 Å². The van der Waals surface area contributed by atoms with E-state index in [1.54, 1.807) is 20.8 Å². The van der Waals surface area contributed by atoms with E-state index in [-0.39, 0.29) is 17.9 Å². The van der Waals surface area contributed by atoms with Gasteiger partial charge in [0.1, 0.15) is 0 Å². The number of amides is 1. The van der Waals surface area contributed by atoms with Crippen molar-refractivity contribution in [2.24, 2.45) is 5.92 Å². The molecule has 1 aliphatic rings. The van der Waals surface area contributed by atoms with E-state index in [0.29, 0.717) is 25.7 Å². The van der Waals surface area contributed by atoms with Crippen molar-refractivity contribution in [1.29, 1.82) is 0 Å². The molecule has 2 aromatic rings. The molecule has 0 spiro atoms. The van der Waals surface area contributed by atoms with Gasteiger partial charge in [0.05, 0.1) is 4.75 Å². The molecule has 2 N–H and O–H groups in total. The van der Waals surface area contributed by atoms with Crippen molar-refractivity contribution in [3.8, 4) is 5.69 Å². The molecule has 1 heterocycles. The summed E-state index contributed by atoms with van der Waals surface area (Å²) in [6.45, 7) is 5.07. The first-order chi connectivity index (χ1) is 13.2. The molecule has 0 unspecified atom stereocenters. The number of hydrogen-bond donors (Lipinski definition) is 2. The largest absolute Gasteiger partial charge is 0.326 e. The molecule has 6 nitrogen and oxygen atoms in total. The Bertz CT molecular complexity index is 889. The van der Waals surface area contributed by atoms with E-state index in [9.17, 15) is 13.2 Å². The Morgan fingerprint density at radius 2 is 1.57 bits per heavy atom. The highest BCUT2D eigenvalue weighted by Crippen LogP contribution is 2.27. The molecular formula is C21H29N3O3S. The zero-order valence-corrected chi connectivity index (χ0v) is 17.5. The number of sulfonamides is 1. The summed E-state index contributed by atoms with van der Waals surface area (Å²) in [6, 6.07) is 11.6. The van der Waals surface area contributed by atoms with Gasteiger partial charge in [0, 0.05) is 35.7 Å². The van der Waals surface area contributed by atoms with Crippen LogP contribution in [0, 0.1) is 5.92 Å². The van der Waals surface area contributed by atoms with Crippen LogP contribution in [0.25, 0.3) is 5.69 Å². The lowest BCUT2D eigenvalue weighted by Crippen LogP contribution is -2.46. The van der Waals surface area contributed by atoms with Crippen molar-refractivity contribution < 1.29 is 13.2 Å². The smallest absolute Gasteiger partial charge is 0.227 e. The normalized spacial score (nSPS) is 20.7. The van der Waals surface area contributed by atoms with Crippen LogP contribution in [0.2, 0.25) is 0 Å². The van der Waals surface area contributed by atoms with E-state index in [4.69, 9.17) is 0 Å². The Hall–Kier alpha value is -2.12. The van der Waals surface area contributed by atoms with Gasteiger partial charge in [-0.25, -0.2) is 13.1 Å². The summed E-state index contributed by atoms with van der Waals surface area (Å²) < 4.78 is 28.6. The number of benzene rings is 1. The minimum Gasteiger partial charge on any atom is -0.326 e. The topological polar surface area (TPSA) is 80.2 Å². The Kier molecular flexibility index (Phi) is 5.95. The number of rotatable bonds is 5. The van der Waals surface area contributed by atoms with Crippen LogP contribution in [0.3, 0.4) is 0 Å². The van der Waals surface area contributed by atoms with Gasteiger partial charge in [-0.2, -0.15) is 0 Å². The predicted octanol–water partition coefficient (Wildman–Crippen LogP) is 3.69. The molecule has 152 valence electrons. The van der Waals surface area contributed by atoms with E-state index in [1.165, 1.54) is 0 Å². The lowest BCUT2D eigenvalue weighted by molar-refractivity contribution is -0.120. The maximum Gasteiger partial charge on any atom is 0.227 e. The quantitative estimate of drug-likeness (QED) is 0.799. The molecule has 28 heavy (non-hydrogen) atoms. The van der Waals surface area contributed by atoms with Crippen molar-refractivity contribution in [3.05, 3.63) is 48.8 Å². The Morgan fingerprint density at radius 1 is 1.00 bits per heavy atom. The second-order valence-electron chi connectivity index (χ2n) is 8.41. The van der Waals surface area contributed by atoms with Crippen LogP contribution < -0.4 is 10.0 Å². The molecule has 1 fully saturated rings. The molecule has 1 aromatic carbocycles. The summed E-state index contributed by atoms with van der Waals surface area (Å²) in [6.07, 6.45) is 6.68. The summed E-state index contributed by atoms with van der Waals surface area (Å²) in [5.74, 6) is -0.0784. The first-order valence-corrected chi connectivity index (χ1v) is 11.2. The summed E-state index contributed by atoms with van der Waals surface area (Å²) in [5.41, 5.74) is 1.81. The molecule has 1 saturated carbocycles. The minimum absolute atomic E-state index is 0.00541. The molecule has 0 bridgehead atoms. The minimum atomic E-state index is -3.36. The zero-order valence-electron chi connectivity index (χ0n) is 16.7. The summed E-state index contributed by atoms with van der Waals surface area (Å²) in [5, 5.41) is 2.98. The standard InChI is InChI=1S/C21H29N3O3S/c1-21(2,3)28(26,27)23-18-8-6-16(7-9-18)20(25)22-17-10-12-19(13-11-17)24-14-4-5-15-24/h4-5,10-16,18,23H,6-9H2,1-3H3,(H,22,25). The number of carbonyl (C=O) groups excluding carboxylic acids is 1. The van der Waals surface area contributed by atoms with E-state index in [0.717, 1.165) is 11.4 Å². The Balaban J connectivity index is 1.51. The van der Waals surface area contributed by atoms with Crippen molar-refractivity contribution in [3.63, 3.8) is 0 Å². The van der Waals surface area contributed by atoms with Gasteiger partial charge in [-0.3, -0.25) is 4.79 Å². The number of nitrogens with zero attached hydrogens (tertiary/aromatic N) is 1. The maximum atomic E-state index is 12.6. The third kappa shape index (κ3) is 4.83. The molecule has 0 aliphatic heterocycles. The molecule has 0 radical (unpaired) electrons. The molecule has 1 aliphatic carbocycles. The summed E-state index contributed by atoms with van der Waals surface area (Å²) >= 11 is 0. The van der Waals surface area contributed by atoms with Crippen LogP contribution in [0.4, 0.5) is 5.69 Å². The third-order valence-electron chi connectivity index (χ3n) is 5.26. The van der Waals surface area contributed by atoms with Crippen LogP contribution in [0.15, 0.2) is 48.8 Å². The Labute approximate surface area is 167 Å². The van der Waals surface area contributed by atoms with E-state index < -0.39 is 14.8 Å². The fourth-order valence-electron chi connectivity index (χ4n) is 3.34. The average Bonchev–Trinajstić information content (AvgIpc) is 3.16. The highest BCUT2D eigenvalue weighted by Gasteiger charge is 2.34. The fraction of sp³-hybridized carbons (Fsp3) is 0.476. The molecule has 0 atom stereocenters. The van der Waals surface area contributed by atoms with E-state index in [2.05, 4.69) is 10.0 Å². The fourth-order valence-corrected chi connectivity index (χ4v) is 4.37. The number of hydrogen-bond acceptors (Lipinski definition) is 3. The van der Waals surface area contributed by atoms with Crippen LogP contribution in [0.5, 0.6) is 0 Å². The molecule has 3 rings (SSSR count). The molecule has 0 saturated heterocycles. The highest BCUT2D eigenvalue weighted by molar-refractivity contribution is 7.90. The first-order valence-electron chi connectivity index (χ1n) is 9.72. The lowest BCUT2D eigenvalue weighted by Gasteiger charge is -2.30. The molecular weight excluding hydrogens is 374 g/mol. The molecule has 1 amide bonds. The highest BCUT2D eigenvalue weighted by atomic mass is 32.2. The van der Waals surface area contributed by atoms with Gasteiger partial charge in [-0.05, 0) is 82.9 Å². The SMILES string of the molecule is CC(C)(C)S(=O)(=O)NC1CCC(C(=O)Nc2ccc(-n3cccc3)cc2)CC1. The number of anilines is 1. The first kappa shape index (κ1) is 20.6. The van der Waals surface area contributed by atoms with Crippen molar-refractivity contribution >= 4 is 21.6 Å². The zero-order chi connectivity index (χ0) is 20.4. The van der Waals surface area contributed by atoms with Gasteiger partial charge in [0.2, 0.25) is 15.9 Å². The lowest BCUT2D eigenvalue weighted by atomic mass is 9.86. The van der Waals surface area contributed by atoms with Crippen LogP contribution in [-0.2, 0) is 14.8 Å². The number of nitrogens with one attached hydrogen (secondary N) is 2. The Morgan fingerprint density at radius 3 is 2.11 bits per heavy atom. The van der Waals surface area contributed by atoms with E-state index in [1.807, 2.05) is 53.4 Å².